The normalized spacial score (nSPS) is 11.5. The fourth-order valence-electron chi connectivity index (χ4n) is 1.51. The molecule has 0 aromatic heterocycles. The first-order valence-electron chi connectivity index (χ1n) is 6.06. The summed E-state index contributed by atoms with van der Waals surface area (Å²) in [7, 11) is 0. The quantitative estimate of drug-likeness (QED) is 0.547. The van der Waals surface area contributed by atoms with Crippen LogP contribution in [0.3, 0.4) is 0 Å². The van der Waals surface area contributed by atoms with Gasteiger partial charge in [0.15, 0.2) is 5.82 Å². The number of halogens is 1. The number of nitrogens with one attached hydrogen (secondary N) is 2. The number of urea groups is 1. The molecule has 1 atom stereocenters. The Balaban J connectivity index is 2.63. The van der Waals surface area contributed by atoms with Crippen molar-refractivity contribution in [3.8, 4) is 0 Å². The maximum absolute atomic E-state index is 13.5. The van der Waals surface area contributed by atoms with E-state index in [2.05, 4.69) is 10.6 Å². The third-order valence-electron chi connectivity index (χ3n) is 2.76. The number of rotatable bonds is 6. The van der Waals surface area contributed by atoms with Gasteiger partial charge in [-0.3, -0.25) is 14.9 Å². The highest BCUT2D eigenvalue weighted by Gasteiger charge is 2.17. The van der Waals surface area contributed by atoms with Crippen molar-refractivity contribution in [2.45, 2.75) is 13.3 Å². The molecule has 1 unspecified atom stereocenters. The molecule has 0 heterocycles. The monoisotopic (exact) mass is 299 g/mol. The Labute approximate surface area is 119 Å². The first-order chi connectivity index (χ1) is 9.85. The van der Waals surface area contributed by atoms with E-state index in [9.17, 15) is 24.1 Å². The zero-order chi connectivity index (χ0) is 16.0. The van der Waals surface area contributed by atoms with Crippen molar-refractivity contribution >= 4 is 23.4 Å². The molecular weight excluding hydrogens is 285 g/mol. The van der Waals surface area contributed by atoms with Gasteiger partial charge in [0, 0.05) is 12.6 Å². The fourth-order valence-corrected chi connectivity index (χ4v) is 1.51. The smallest absolute Gasteiger partial charge is 0.319 e. The summed E-state index contributed by atoms with van der Waals surface area (Å²) in [5.74, 6) is -2.73. The van der Waals surface area contributed by atoms with Crippen LogP contribution in [-0.2, 0) is 4.79 Å². The van der Waals surface area contributed by atoms with E-state index in [1.165, 1.54) is 0 Å². The molecule has 0 spiro atoms. The molecule has 21 heavy (non-hydrogen) atoms. The summed E-state index contributed by atoms with van der Waals surface area (Å²) < 4.78 is 13.5. The number of hydrogen-bond donors (Lipinski definition) is 3. The van der Waals surface area contributed by atoms with E-state index in [4.69, 9.17) is 5.11 Å². The number of carboxylic acids is 1. The van der Waals surface area contributed by atoms with Gasteiger partial charge in [-0.25, -0.2) is 9.18 Å². The molecule has 0 bridgehead atoms. The Hall–Kier alpha value is -2.71. The number of anilines is 1. The second kappa shape index (κ2) is 7.17. The van der Waals surface area contributed by atoms with Crippen LogP contribution in [0, 0.1) is 21.8 Å². The van der Waals surface area contributed by atoms with Crippen LogP contribution in [0.1, 0.15) is 13.3 Å². The molecule has 1 aromatic carbocycles. The molecule has 9 heteroatoms. The van der Waals surface area contributed by atoms with Crippen LogP contribution in [0.15, 0.2) is 18.2 Å². The lowest BCUT2D eigenvalue weighted by Gasteiger charge is -2.12. The van der Waals surface area contributed by atoms with E-state index >= 15 is 0 Å². The molecule has 8 nitrogen and oxygen atoms in total. The van der Waals surface area contributed by atoms with Crippen molar-refractivity contribution in [1.29, 1.82) is 0 Å². The van der Waals surface area contributed by atoms with Crippen LogP contribution in [0.4, 0.5) is 20.6 Å². The van der Waals surface area contributed by atoms with E-state index in [0.717, 1.165) is 12.1 Å². The standard InChI is InChI=1S/C12H14FN3O5/c1-2-7(11(17)18)6-14-12(19)15-10-4-3-8(16(20)21)5-9(10)13/h3-5,7H,2,6H2,1H3,(H,17,18)(H2,14,15,19). The number of nitro groups is 1. The second-order valence-corrected chi connectivity index (χ2v) is 4.20. The number of nitrogens with zero attached hydrogens (tertiary/aromatic N) is 1. The zero-order valence-electron chi connectivity index (χ0n) is 11.1. The van der Waals surface area contributed by atoms with E-state index in [0.29, 0.717) is 12.5 Å². The van der Waals surface area contributed by atoms with Crippen LogP contribution in [-0.4, -0.2) is 28.6 Å². The molecule has 1 rings (SSSR count). The highest BCUT2D eigenvalue weighted by molar-refractivity contribution is 5.89. The van der Waals surface area contributed by atoms with Crippen molar-refractivity contribution in [2.24, 2.45) is 5.92 Å². The topological polar surface area (TPSA) is 122 Å². The second-order valence-electron chi connectivity index (χ2n) is 4.20. The summed E-state index contributed by atoms with van der Waals surface area (Å²) in [5.41, 5.74) is -0.670. The van der Waals surface area contributed by atoms with Gasteiger partial charge in [0.25, 0.3) is 5.69 Å². The van der Waals surface area contributed by atoms with E-state index in [-0.39, 0.29) is 12.2 Å². The molecular formula is C12H14FN3O5. The van der Waals surface area contributed by atoms with Crippen molar-refractivity contribution in [1.82, 2.24) is 5.32 Å². The maximum atomic E-state index is 13.5. The largest absolute Gasteiger partial charge is 0.481 e. The van der Waals surface area contributed by atoms with Gasteiger partial charge in [-0.15, -0.1) is 0 Å². The lowest BCUT2D eigenvalue weighted by Crippen LogP contribution is -2.35. The number of non-ortho nitro benzene ring substituents is 1. The summed E-state index contributed by atoms with van der Waals surface area (Å²) in [4.78, 5) is 32.0. The van der Waals surface area contributed by atoms with Crippen molar-refractivity contribution in [3.63, 3.8) is 0 Å². The number of carbonyl (C=O) groups excluding carboxylic acids is 1. The predicted molar refractivity (Wildman–Crippen MR) is 71.5 cm³/mol. The van der Waals surface area contributed by atoms with Gasteiger partial charge in [0.1, 0.15) is 0 Å². The molecule has 114 valence electrons. The third kappa shape index (κ3) is 4.71. The van der Waals surface area contributed by atoms with Crippen LogP contribution in [0.5, 0.6) is 0 Å². The minimum atomic E-state index is -1.04. The van der Waals surface area contributed by atoms with Crippen molar-refractivity contribution in [2.75, 3.05) is 11.9 Å². The Morgan fingerprint density at radius 2 is 2.14 bits per heavy atom. The highest BCUT2D eigenvalue weighted by Crippen LogP contribution is 2.20. The lowest BCUT2D eigenvalue weighted by atomic mass is 10.1. The van der Waals surface area contributed by atoms with Gasteiger partial charge < -0.3 is 15.7 Å². The van der Waals surface area contributed by atoms with E-state index < -0.39 is 34.3 Å². The molecule has 1 aromatic rings. The minimum absolute atomic E-state index is 0.105. The molecule has 2 amide bonds. The summed E-state index contributed by atoms with van der Waals surface area (Å²) in [5, 5.41) is 23.7. The summed E-state index contributed by atoms with van der Waals surface area (Å²) in [6.07, 6.45) is 0.335. The molecule has 0 aliphatic heterocycles. The Kier molecular flexibility index (Phi) is 5.58. The average Bonchev–Trinajstić information content (AvgIpc) is 2.41. The number of amides is 2. The lowest BCUT2D eigenvalue weighted by molar-refractivity contribution is -0.385. The van der Waals surface area contributed by atoms with Crippen LogP contribution < -0.4 is 10.6 Å². The van der Waals surface area contributed by atoms with Gasteiger partial charge in [0.05, 0.1) is 22.6 Å². The van der Waals surface area contributed by atoms with Crippen LogP contribution in [0.25, 0.3) is 0 Å². The Morgan fingerprint density at radius 3 is 2.62 bits per heavy atom. The molecule has 0 fully saturated rings. The van der Waals surface area contributed by atoms with Crippen molar-refractivity contribution in [3.05, 3.63) is 34.1 Å². The number of carbonyl (C=O) groups is 2. The Morgan fingerprint density at radius 1 is 1.48 bits per heavy atom. The number of nitro benzene ring substituents is 1. The van der Waals surface area contributed by atoms with Gasteiger partial charge in [-0.2, -0.15) is 0 Å². The molecule has 0 aliphatic carbocycles. The van der Waals surface area contributed by atoms with Gasteiger partial charge in [-0.05, 0) is 12.5 Å². The minimum Gasteiger partial charge on any atom is -0.481 e. The molecule has 0 radical (unpaired) electrons. The first-order valence-corrected chi connectivity index (χ1v) is 6.06. The van der Waals surface area contributed by atoms with Crippen LogP contribution >= 0.6 is 0 Å². The van der Waals surface area contributed by atoms with Crippen molar-refractivity contribution < 1.29 is 24.0 Å². The molecule has 0 saturated heterocycles. The van der Waals surface area contributed by atoms with Gasteiger partial charge in [0.2, 0.25) is 0 Å². The summed E-state index contributed by atoms with van der Waals surface area (Å²) in [6, 6.07) is 2.00. The Bertz CT molecular complexity index is 564. The van der Waals surface area contributed by atoms with Gasteiger partial charge >= 0.3 is 12.0 Å². The molecule has 0 aliphatic rings. The first kappa shape index (κ1) is 16.3. The zero-order valence-corrected chi connectivity index (χ0v) is 11.1. The SMILES string of the molecule is CCC(CNC(=O)Nc1ccc([N+](=O)[O-])cc1F)C(=O)O. The summed E-state index contributed by atoms with van der Waals surface area (Å²) >= 11 is 0. The van der Waals surface area contributed by atoms with Gasteiger partial charge in [-0.1, -0.05) is 6.92 Å². The fraction of sp³-hybridized carbons (Fsp3) is 0.333. The molecule has 3 N–H and O–H groups in total. The predicted octanol–water partition coefficient (Wildman–Crippen LogP) is 1.97. The average molecular weight is 299 g/mol. The molecule has 0 saturated carbocycles. The number of carboxylic acid groups (broad SMARTS) is 1. The number of benzene rings is 1. The number of aliphatic carboxylic acids is 1. The van der Waals surface area contributed by atoms with E-state index in [1.54, 1.807) is 6.92 Å². The highest BCUT2D eigenvalue weighted by atomic mass is 19.1. The van der Waals surface area contributed by atoms with Crippen LogP contribution in [0.2, 0.25) is 0 Å². The maximum Gasteiger partial charge on any atom is 0.319 e. The third-order valence-corrected chi connectivity index (χ3v) is 2.76. The van der Waals surface area contributed by atoms with E-state index in [1.807, 2.05) is 0 Å². The number of hydrogen-bond acceptors (Lipinski definition) is 4. The summed E-state index contributed by atoms with van der Waals surface area (Å²) in [6.45, 7) is 1.56.